The zero-order valence-electron chi connectivity index (χ0n) is 19.3. The average molecular weight is 501 g/mol. The molecule has 1 aliphatic rings. The Morgan fingerprint density at radius 2 is 1.17 bits per heavy atom. The predicted octanol–water partition coefficient (Wildman–Crippen LogP) is 6.80. The van der Waals surface area contributed by atoms with Crippen molar-refractivity contribution >= 4 is 45.9 Å². The molecule has 0 amide bonds. The Morgan fingerprint density at radius 1 is 0.583 bits per heavy atom. The summed E-state index contributed by atoms with van der Waals surface area (Å²) in [5, 5.41) is 2.48. The lowest BCUT2D eigenvalue weighted by Crippen LogP contribution is -2.24. The number of imidazole rings is 1. The molecule has 5 aromatic carbocycles. The Kier molecular flexibility index (Phi) is 4.99. The molecule has 2 heterocycles. The number of hydrogen-bond donors (Lipinski definition) is 0. The maximum Gasteiger partial charge on any atom is 0.171 e. The molecule has 3 nitrogen and oxygen atoms in total. The van der Waals surface area contributed by atoms with Crippen LogP contribution < -0.4 is 15.9 Å². The molecule has 0 saturated heterocycles. The fourth-order valence-corrected chi connectivity index (χ4v) is 8.73. The largest absolute Gasteiger partial charge is 0.309 e. The first kappa shape index (κ1) is 21.4. The third kappa shape index (κ3) is 3.22. The van der Waals surface area contributed by atoms with Gasteiger partial charge < -0.3 is 4.57 Å². The van der Waals surface area contributed by atoms with Gasteiger partial charge in [-0.15, -0.1) is 0 Å². The predicted molar refractivity (Wildman–Crippen MR) is 150 cm³/mol. The van der Waals surface area contributed by atoms with E-state index >= 15 is 0 Å². The van der Waals surface area contributed by atoms with Gasteiger partial charge in [0.05, 0.1) is 16.7 Å². The Bertz CT molecular complexity index is 1730. The molecule has 0 fully saturated rings. The lowest BCUT2D eigenvalue weighted by molar-refractivity contribution is 0.592. The van der Waals surface area contributed by atoms with Crippen LogP contribution in [0.1, 0.15) is 0 Å². The molecule has 0 saturated carbocycles. The third-order valence-electron chi connectivity index (χ3n) is 6.69. The zero-order valence-corrected chi connectivity index (χ0v) is 21.0. The van der Waals surface area contributed by atoms with E-state index in [2.05, 4.69) is 59.2 Å². The minimum Gasteiger partial charge on any atom is -0.309 e. The van der Waals surface area contributed by atoms with Crippen LogP contribution in [0.25, 0.3) is 28.1 Å². The minimum atomic E-state index is -3.02. The van der Waals surface area contributed by atoms with Crippen molar-refractivity contribution in [2.75, 3.05) is 0 Å². The number of fused-ring (bicyclic) bond motifs is 2. The molecule has 5 heteroatoms. The van der Waals surface area contributed by atoms with Crippen LogP contribution in [0.4, 0.5) is 0 Å². The van der Waals surface area contributed by atoms with Gasteiger partial charge in [-0.1, -0.05) is 115 Å². The second kappa shape index (κ2) is 8.37. The number of benzene rings is 5. The molecule has 6 aromatic rings. The van der Waals surface area contributed by atoms with Crippen molar-refractivity contribution in [2.24, 2.45) is 0 Å². The summed E-state index contributed by atoms with van der Waals surface area (Å²) in [4.78, 5) is 7.46. The Hall–Kier alpha value is -3.85. The van der Waals surface area contributed by atoms with Gasteiger partial charge in [0.15, 0.2) is 7.14 Å². The molecule has 1 aromatic heterocycles. The van der Waals surface area contributed by atoms with Gasteiger partial charge in [0.1, 0.15) is 5.82 Å². The van der Waals surface area contributed by atoms with Crippen molar-refractivity contribution in [3.8, 4) is 17.1 Å². The standard InChI is InChI=1S/C31H21N2OPS/c34-35(23-10-3-1-4-11-23,24-12-5-2-6-13-24)25-20-18-22(19-21-25)31-32-26-14-9-17-29-30(26)33(31)27-15-7-8-16-28(27)36-29/h1-21H. The molecule has 0 spiro atoms. The summed E-state index contributed by atoms with van der Waals surface area (Å²) >= 11 is 1.79. The van der Waals surface area contributed by atoms with Crippen LogP contribution >= 0.6 is 18.9 Å². The van der Waals surface area contributed by atoms with E-state index < -0.39 is 7.14 Å². The van der Waals surface area contributed by atoms with Gasteiger partial charge in [0.2, 0.25) is 0 Å². The van der Waals surface area contributed by atoms with Crippen molar-refractivity contribution in [1.82, 2.24) is 9.55 Å². The number of aromatic nitrogens is 2. The van der Waals surface area contributed by atoms with Crippen molar-refractivity contribution in [1.29, 1.82) is 0 Å². The van der Waals surface area contributed by atoms with Gasteiger partial charge >= 0.3 is 0 Å². The third-order valence-corrected chi connectivity index (χ3v) is 10.9. The van der Waals surface area contributed by atoms with Crippen LogP contribution in [0.3, 0.4) is 0 Å². The smallest absolute Gasteiger partial charge is 0.171 e. The molecule has 36 heavy (non-hydrogen) atoms. The van der Waals surface area contributed by atoms with Crippen LogP contribution in [-0.2, 0) is 4.57 Å². The SMILES string of the molecule is O=P(c1ccccc1)(c1ccccc1)c1ccc(-c2nc3cccc4c3n2-c2ccccc2S4)cc1. The number of hydrogen-bond acceptors (Lipinski definition) is 3. The lowest BCUT2D eigenvalue weighted by Gasteiger charge is -2.21. The van der Waals surface area contributed by atoms with Gasteiger partial charge in [-0.2, -0.15) is 0 Å². The Labute approximate surface area is 213 Å². The fraction of sp³-hybridized carbons (Fsp3) is 0. The van der Waals surface area contributed by atoms with E-state index in [1.807, 2.05) is 72.8 Å². The lowest BCUT2D eigenvalue weighted by atomic mass is 10.2. The van der Waals surface area contributed by atoms with E-state index in [9.17, 15) is 4.57 Å². The fourth-order valence-electron chi connectivity index (χ4n) is 5.00. The van der Waals surface area contributed by atoms with Gasteiger partial charge in [0.25, 0.3) is 0 Å². The summed E-state index contributed by atoms with van der Waals surface area (Å²) in [7, 11) is -3.02. The summed E-state index contributed by atoms with van der Waals surface area (Å²) in [5.41, 5.74) is 4.25. The van der Waals surface area contributed by atoms with Gasteiger partial charge in [-0.05, 0) is 24.3 Å². The van der Waals surface area contributed by atoms with Crippen LogP contribution in [0.5, 0.6) is 0 Å². The first-order valence-corrected chi connectivity index (χ1v) is 14.4. The highest BCUT2D eigenvalue weighted by Gasteiger charge is 2.30. The summed E-state index contributed by atoms with van der Waals surface area (Å²) < 4.78 is 17.0. The molecule has 172 valence electrons. The number of nitrogens with zero attached hydrogens (tertiary/aromatic N) is 2. The summed E-state index contributed by atoms with van der Waals surface area (Å²) in [6.45, 7) is 0. The molecule has 0 bridgehead atoms. The Morgan fingerprint density at radius 3 is 1.86 bits per heavy atom. The molecule has 0 aliphatic carbocycles. The molecule has 1 aliphatic heterocycles. The minimum absolute atomic E-state index is 0.815. The second-order valence-electron chi connectivity index (χ2n) is 8.79. The highest BCUT2D eigenvalue weighted by atomic mass is 32.2. The van der Waals surface area contributed by atoms with E-state index in [0.29, 0.717) is 0 Å². The maximum atomic E-state index is 14.7. The van der Waals surface area contributed by atoms with Crippen molar-refractivity contribution < 1.29 is 4.57 Å². The first-order valence-electron chi connectivity index (χ1n) is 11.8. The monoisotopic (exact) mass is 500 g/mol. The first-order chi connectivity index (χ1) is 17.7. The van der Waals surface area contributed by atoms with E-state index in [4.69, 9.17) is 4.98 Å². The topological polar surface area (TPSA) is 34.9 Å². The quantitative estimate of drug-likeness (QED) is 0.250. The highest BCUT2D eigenvalue weighted by molar-refractivity contribution is 7.99. The average Bonchev–Trinajstić information content (AvgIpc) is 3.35. The van der Waals surface area contributed by atoms with E-state index in [-0.39, 0.29) is 0 Å². The molecule has 0 atom stereocenters. The second-order valence-corrected chi connectivity index (χ2v) is 12.6. The van der Waals surface area contributed by atoms with Crippen molar-refractivity contribution in [2.45, 2.75) is 9.79 Å². The molecular formula is C31H21N2OPS. The van der Waals surface area contributed by atoms with Gasteiger partial charge in [-0.25, -0.2) is 4.98 Å². The van der Waals surface area contributed by atoms with Crippen molar-refractivity contribution in [3.63, 3.8) is 0 Å². The van der Waals surface area contributed by atoms with Gasteiger partial charge in [-0.3, -0.25) is 4.57 Å². The molecule has 0 N–H and O–H groups in total. The summed E-state index contributed by atoms with van der Waals surface area (Å²) in [6, 6.07) is 42.5. The molecule has 7 rings (SSSR count). The van der Waals surface area contributed by atoms with Crippen molar-refractivity contribution in [3.05, 3.63) is 127 Å². The molecule has 0 unspecified atom stereocenters. The zero-order chi connectivity index (χ0) is 24.1. The summed E-state index contributed by atoms with van der Waals surface area (Å²) in [6.07, 6.45) is 0. The van der Waals surface area contributed by atoms with Crippen LogP contribution in [0.15, 0.2) is 137 Å². The number of rotatable bonds is 4. The number of para-hydroxylation sites is 2. The molecular weight excluding hydrogens is 479 g/mol. The molecule has 0 radical (unpaired) electrons. The van der Waals surface area contributed by atoms with Gasteiger partial charge in [0, 0.05) is 31.3 Å². The van der Waals surface area contributed by atoms with E-state index in [1.165, 1.54) is 9.79 Å². The van der Waals surface area contributed by atoms with Crippen LogP contribution in [0, 0.1) is 0 Å². The maximum absolute atomic E-state index is 14.7. The van der Waals surface area contributed by atoms with E-state index in [1.54, 1.807) is 11.8 Å². The Balaban J connectivity index is 1.41. The summed E-state index contributed by atoms with van der Waals surface area (Å²) in [5.74, 6) is 0.894. The van der Waals surface area contributed by atoms with Crippen LogP contribution in [0.2, 0.25) is 0 Å². The van der Waals surface area contributed by atoms with E-state index in [0.717, 1.165) is 44.0 Å². The highest BCUT2D eigenvalue weighted by Crippen LogP contribution is 2.46. The normalized spacial score (nSPS) is 12.4. The van der Waals surface area contributed by atoms with Crippen LogP contribution in [-0.4, -0.2) is 9.55 Å².